The highest BCUT2D eigenvalue weighted by atomic mass is 16.7. The van der Waals surface area contributed by atoms with E-state index >= 15 is 0 Å². The van der Waals surface area contributed by atoms with Crippen molar-refractivity contribution < 1.29 is 23.5 Å². The summed E-state index contributed by atoms with van der Waals surface area (Å²) in [6, 6.07) is 9.36. The molecule has 2 amide bonds. The number of likely N-dealkylation sites (tertiary alicyclic amines) is 2. The zero-order chi connectivity index (χ0) is 22.5. The number of ether oxygens (including phenoxy) is 2. The lowest BCUT2D eigenvalue weighted by Crippen LogP contribution is -2.52. The van der Waals surface area contributed by atoms with Crippen LogP contribution in [0.25, 0.3) is 11.0 Å². The molecule has 2 saturated heterocycles. The molecule has 174 valence electrons. The van der Waals surface area contributed by atoms with Crippen molar-refractivity contribution >= 4 is 22.8 Å². The number of hydrogen-bond acceptors (Lipinski definition) is 5. The first-order chi connectivity index (χ1) is 15.6. The zero-order valence-corrected chi connectivity index (χ0v) is 19.1. The van der Waals surface area contributed by atoms with Gasteiger partial charge >= 0.3 is 0 Å². The Hall–Kier alpha value is -2.38. The number of rotatable bonds is 9. The van der Waals surface area contributed by atoms with E-state index in [1.807, 2.05) is 49.1 Å². The van der Waals surface area contributed by atoms with E-state index in [1.54, 1.807) is 4.90 Å². The lowest BCUT2D eigenvalue weighted by Gasteiger charge is -2.34. The number of fused-ring (bicyclic) bond motifs is 1. The van der Waals surface area contributed by atoms with Gasteiger partial charge in [0.2, 0.25) is 11.8 Å². The summed E-state index contributed by atoms with van der Waals surface area (Å²) >= 11 is 0. The quantitative estimate of drug-likeness (QED) is 0.553. The minimum absolute atomic E-state index is 0.0169. The molecule has 7 heteroatoms. The topological polar surface area (TPSA) is 72.2 Å². The van der Waals surface area contributed by atoms with E-state index in [4.69, 9.17) is 13.9 Å². The highest BCUT2D eigenvalue weighted by molar-refractivity contribution is 5.89. The van der Waals surface area contributed by atoms with Crippen molar-refractivity contribution in [3.8, 4) is 0 Å². The standard InChI is InChI=1S/C25H34N2O5/c1-3-30-25(31-4-2)21-11-8-16-27(21)24(29)20-10-7-15-26(20)23(28)14-13-19-17-18-9-5-6-12-22(18)32-19/h5-6,9,12,17,20-21,25H,3-4,7-8,10-11,13-16H2,1-2H3/t20-,21-/m0/s1. The van der Waals surface area contributed by atoms with E-state index in [9.17, 15) is 9.59 Å². The van der Waals surface area contributed by atoms with Crippen LogP contribution in [0.4, 0.5) is 0 Å². The average molecular weight is 443 g/mol. The third kappa shape index (κ3) is 4.84. The molecule has 0 spiro atoms. The molecule has 0 unspecified atom stereocenters. The van der Waals surface area contributed by atoms with Crippen LogP contribution in [-0.2, 0) is 25.5 Å². The van der Waals surface area contributed by atoms with Crippen LogP contribution in [0.1, 0.15) is 51.7 Å². The summed E-state index contributed by atoms with van der Waals surface area (Å²) in [5, 5.41) is 1.04. The molecule has 1 aromatic heterocycles. The first-order valence-electron chi connectivity index (χ1n) is 11.9. The molecule has 2 aromatic rings. The van der Waals surface area contributed by atoms with Crippen molar-refractivity contribution in [3.63, 3.8) is 0 Å². The Labute approximate surface area is 189 Å². The average Bonchev–Trinajstić information content (AvgIpc) is 3.55. The van der Waals surface area contributed by atoms with Crippen LogP contribution in [0.5, 0.6) is 0 Å². The number of amides is 2. The molecule has 32 heavy (non-hydrogen) atoms. The Morgan fingerprint density at radius 2 is 1.78 bits per heavy atom. The Kier molecular flexibility index (Phi) is 7.48. The van der Waals surface area contributed by atoms with Crippen LogP contribution < -0.4 is 0 Å². The summed E-state index contributed by atoms with van der Waals surface area (Å²) in [6.07, 6.45) is 3.83. The summed E-state index contributed by atoms with van der Waals surface area (Å²) in [4.78, 5) is 30.2. The van der Waals surface area contributed by atoms with Gasteiger partial charge < -0.3 is 23.7 Å². The smallest absolute Gasteiger partial charge is 0.245 e. The normalized spacial score (nSPS) is 21.2. The van der Waals surface area contributed by atoms with Gasteiger partial charge in [-0.25, -0.2) is 0 Å². The van der Waals surface area contributed by atoms with Crippen LogP contribution in [-0.4, -0.2) is 66.3 Å². The minimum atomic E-state index is -0.407. The van der Waals surface area contributed by atoms with Crippen LogP contribution >= 0.6 is 0 Å². The Morgan fingerprint density at radius 1 is 1.06 bits per heavy atom. The Morgan fingerprint density at radius 3 is 2.53 bits per heavy atom. The third-order valence-electron chi connectivity index (χ3n) is 6.48. The SMILES string of the molecule is CCOC(OCC)[C@@H]1CCCN1C(=O)[C@@H]1CCCN1C(=O)CCc1cc2ccccc2o1. The molecule has 2 aliphatic heterocycles. The first kappa shape index (κ1) is 22.8. The van der Waals surface area contributed by atoms with Gasteiger partial charge in [-0.3, -0.25) is 9.59 Å². The molecule has 0 aliphatic carbocycles. The first-order valence-corrected chi connectivity index (χ1v) is 11.9. The minimum Gasteiger partial charge on any atom is -0.461 e. The second kappa shape index (κ2) is 10.5. The van der Waals surface area contributed by atoms with Gasteiger partial charge in [0.05, 0.1) is 6.04 Å². The fourth-order valence-corrected chi connectivity index (χ4v) is 5.00. The van der Waals surface area contributed by atoms with E-state index in [0.717, 1.165) is 36.0 Å². The van der Waals surface area contributed by atoms with Crippen molar-refractivity contribution in [1.82, 2.24) is 9.80 Å². The summed E-state index contributed by atoms with van der Waals surface area (Å²) in [6.45, 7) is 6.28. The number of para-hydroxylation sites is 1. The molecule has 0 saturated carbocycles. The molecule has 0 bridgehead atoms. The molecule has 4 rings (SSSR count). The van der Waals surface area contributed by atoms with Gasteiger partial charge in [-0.05, 0) is 51.7 Å². The molecule has 0 radical (unpaired) electrons. The molecule has 1 aromatic carbocycles. The zero-order valence-electron chi connectivity index (χ0n) is 19.1. The van der Waals surface area contributed by atoms with Gasteiger partial charge in [0, 0.05) is 44.5 Å². The summed E-state index contributed by atoms with van der Waals surface area (Å²) < 4.78 is 17.4. The number of aryl methyl sites for hydroxylation is 1. The van der Waals surface area contributed by atoms with Crippen LogP contribution in [0.15, 0.2) is 34.7 Å². The highest BCUT2D eigenvalue weighted by Crippen LogP contribution is 2.28. The second-order valence-electron chi connectivity index (χ2n) is 8.52. The van der Waals surface area contributed by atoms with Gasteiger partial charge in [0.1, 0.15) is 17.4 Å². The molecular formula is C25H34N2O5. The number of hydrogen-bond donors (Lipinski definition) is 0. The molecule has 2 fully saturated rings. The molecule has 0 N–H and O–H groups in total. The van der Waals surface area contributed by atoms with Crippen molar-refractivity contribution in [3.05, 3.63) is 36.1 Å². The predicted octanol–water partition coefficient (Wildman–Crippen LogP) is 3.75. The van der Waals surface area contributed by atoms with E-state index < -0.39 is 6.29 Å². The van der Waals surface area contributed by atoms with E-state index in [0.29, 0.717) is 45.6 Å². The maximum atomic E-state index is 13.5. The monoisotopic (exact) mass is 442 g/mol. The lowest BCUT2D eigenvalue weighted by atomic mass is 10.1. The molecular weight excluding hydrogens is 408 g/mol. The fraction of sp³-hybridized carbons (Fsp3) is 0.600. The van der Waals surface area contributed by atoms with Crippen LogP contribution in [0.2, 0.25) is 0 Å². The van der Waals surface area contributed by atoms with E-state index in [-0.39, 0.29) is 23.9 Å². The van der Waals surface area contributed by atoms with Gasteiger partial charge in [-0.15, -0.1) is 0 Å². The summed E-state index contributed by atoms with van der Waals surface area (Å²) in [5.41, 5.74) is 0.836. The molecule has 3 heterocycles. The highest BCUT2D eigenvalue weighted by Gasteiger charge is 2.42. The van der Waals surface area contributed by atoms with Crippen LogP contribution in [0, 0.1) is 0 Å². The summed E-state index contributed by atoms with van der Waals surface area (Å²) in [7, 11) is 0. The molecule has 2 atom stereocenters. The van der Waals surface area contributed by atoms with Crippen molar-refractivity contribution in [2.75, 3.05) is 26.3 Å². The molecule has 7 nitrogen and oxygen atoms in total. The van der Waals surface area contributed by atoms with E-state index in [2.05, 4.69) is 0 Å². The van der Waals surface area contributed by atoms with E-state index in [1.165, 1.54) is 0 Å². The van der Waals surface area contributed by atoms with Gasteiger partial charge in [-0.1, -0.05) is 18.2 Å². The lowest BCUT2D eigenvalue weighted by molar-refractivity contribution is -0.177. The number of carbonyl (C=O) groups excluding carboxylic acids is 2. The third-order valence-corrected chi connectivity index (χ3v) is 6.48. The van der Waals surface area contributed by atoms with Gasteiger partial charge in [0.25, 0.3) is 0 Å². The number of carbonyl (C=O) groups is 2. The van der Waals surface area contributed by atoms with Crippen molar-refractivity contribution in [1.29, 1.82) is 0 Å². The number of nitrogens with zero attached hydrogens (tertiary/aromatic N) is 2. The largest absolute Gasteiger partial charge is 0.461 e. The van der Waals surface area contributed by atoms with Crippen LogP contribution in [0.3, 0.4) is 0 Å². The number of benzene rings is 1. The summed E-state index contributed by atoms with van der Waals surface area (Å²) in [5.74, 6) is 0.854. The number of furan rings is 1. The maximum Gasteiger partial charge on any atom is 0.245 e. The Bertz CT molecular complexity index is 887. The fourth-order valence-electron chi connectivity index (χ4n) is 5.00. The van der Waals surface area contributed by atoms with Crippen molar-refractivity contribution in [2.24, 2.45) is 0 Å². The second-order valence-corrected chi connectivity index (χ2v) is 8.52. The van der Waals surface area contributed by atoms with Gasteiger partial charge in [-0.2, -0.15) is 0 Å². The van der Waals surface area contributed by atoms with Crippen molar-refractivity contribution in [2.45, 2.75) is 70.7 Å². The maximum absolute atomic E-state index is 13.5. The Balaban J connectivity index is 1.39. The molecule has 2 aliphatic rings. The predicted molar refractivity (Wildman–Crippen MR) is 121 cm³/mol. The van der Waals surface area contributed by atoms with Gasteiger partial charge in [0.15, 0.2) is 6.29 Å².